The molecule has 0 aromatic heterocycles. The average Bonchev–Trinajstić information content (AvgIpc) is 2.82. The van der Waals surface area contributed by atoms with Crippen molar-refractivity contribution in [2.45, 2.75) is 31.8 Å². The molecule has 2 aliphatic heterocycles. The normalized spacial score (nSPS) is 25.5. The van der Waals surface area contributed by atoms with Crippen LogP contribution in [0.5, 0.6) is 11.5 Å². The Bertz CT molecular complexity index is 478. The zero-order valence-electron chi connectivity index (χ0n) is 12.2. The first-order valence-electron chi connectivity index (χ1n) is 7.62. The smallest absolute Gasteiger partial charge is 0.127 e. The summed E-state index contributed by atoms with van der Waals surface area (Å²) >= 11 is 0. The molecule has 0 aliphatic carbocycles. The standard InChI is InChI=1S/C16H24N2O2/c1-2-19-14-4-3-5-15-13(14)6-7-16(20-15)8-10-18(12-16)11-9-17/h3-5H,2,6-12,17H2,1H3. The number of hydrogen-bond donors (Lipinski definition) is 1. The van der Waals surface area contributed by atoms with Crippen molar-refractivity contribution in [1.29, 1.82) is 0 Å². The molecule has 110 valence electrons. The van der Waals surface area contributed by atoms with Crippen molar-refractivity contribution >= 4 is 0 Å². The second kappa shape index (κ2) is 5.62. The molecule has 1 fully saturated rings. The summed E-state index contributed by atoms with van der Waals surface area (Å²) in [4.78, 5) is 2.41. The summed E-state index contributed by atoms with van der Waals surface area (Å²) in [5.74, 6) is 1.99. The zero-order valence-corrected chi connectivity index (χ0v) is 12.2. The van der Waals surface area contributed by atoms with E-state index in [2.05, 4.69) is 11.0 Å². The van der Waals surface area contributed by atoms with Crippen LogP contribution in [-0.4, -0.2) is 43.3 Å². The minimum atomic E-state index is -0.00694. The van der Waals surface area contributed by atoms with E-state index in [1.54, 1.807) is 0 Å². The van der Waals surface area contributed by atoms with Gasteiger partial charge in [-0.15, -0.1) is 0 Å². The minimum absolute atomic E-state index is 0.00694. The monoisotopic (exact) mass is 276 g/mol. The van der Waals surface area contributed by atoms with Gasteiger partial charge in [-0.25, -0.2) is 0 Å². The third kappa shape index (κ3) is 2.50. The Morgan fingerprint density at radius 2 is 2.30 bits per heavy atom. The van der Waals surface area contributed by atoms with E-state index in [4.69, 9.17) is 15.2 Å². The summed E-state index contributed by atoms with van der Waals surface area (Å²) in [6, 6.07) is 6.14. The summed E-state index contributed by atoms with van der Waals surface area (Å²) in [5.41, 5.74) is 6.88. The first-order valence-corrected chi connectivity index (χ1v) is 7.62. The summed E-state index contributed by atoms with van der Waals surface area (Å²) < 4.78 is 12.1. The Kier molecular flexibility index (Phi) is 3.85. The van der Waals surface area contributed by atoms with E-state index in [9.17, 15) is 0 Å². The van der Waals surface area contributed by atoms with Gasteiger partial charge in [-0.1, -0.05) is 6.07 Å². The molecule has 0 radical (unpaired) electrons. The lowest BCUT2D eigenvalue weighted by atomic mass is 9.90. The summed E-state index contributed by atoms with van der Waals surface area (Å²) in [6.45, 7) is 6.51. The lowest BCUT2D eigenvalue weighted by Crippen LogP contribution is -2.43. The second-order valence-electron chi connectivity index (χ2n) is 5.77. The number of likely N-dealkylation sites (tertiary alicyclic amines) is 1. The van der Waals surface area contributed by atoms with Crippen LogP contribution in [0.25, 0.3) is 0 Å². The first-order chi connectivity index (χ1) is 9.76. The number of ether oxygens (including phenoxy) is 2. The van der Waals surface area contributed by atoms with Gasteiger partial charge in [-0.05, 0) is 31.9 Å². The van der Waals surface area contributed by atoms with Crippen LogP contribution >= 0.6 is 0 Å². The maximum absolute atomic E-state index is 6.38. The van der Waals surface area contributed by atoms with Gasteiger partial charge in [0.1, 0.15) is 17.1 Å². The van der Waals surface area contributed by atoms with Crippen LogP contribution < -0.4 is 15.2 Å². The number of nitrogens with zero attached hydrogens (tertiary/aromatic N) is 1. The fraction of sp³-hybridized carbons (Fsp3) is 0.625. The highest BCUT2D eigenvalue weighted by Crippen LogP contribution is 2.42. The Labute approximate surface area is 120 Å². The van der Waals surface area contributed by atoms with Crippen LogP contribution in [0.1, 0.15) is 25.3 Å². The molecule has 2 heterocycles. The molecule has 1 atom stereocenters. The molecular weight excluding hydrogens is 252 g/mol. The molecule has 2 N–H and O–H groups in total. The van der Waals surface area contributed by atoms with Crippen molar-refractivity contribution in [2.75, 3.05) is 32.8 Å². The van der Waals surface area contributed by atoms with Crippen LogP contribution in [0.4, 0.5) is 0 Å². The van der Waals surface area contributed by atoms with E-state index in [1.165, 1.54) is 5.56 Å². The van der Waals surface area contributed by atoms with Gasteiger partial charge in [0.25, 0.3) is 0 Å². The quantitative estimate of drug-likeness (QED) is 0.911. The van der Waals surface area contributed by atoms with Gasteiger partial charge >= 0.3 is 0 Å². The second-order valence-corrected chi connectivity index (χ2v) is 5.77. The number of nitrogens with two attached hydrogens (primary N) is 1. The Morgan fingerprint density at radius 3 is 3.10 bits per heavy atom. The first kappa shape index (κ1) is 13.7. The van der Waals surface area contributed by atoms with E-state index >= 15 is 0 Å². The van der Waals surface area contributed by atoms with E-state index in [0.29, 0.717) is 6.61 Å². The van der Waals surface area contributed by atoms with Crippen molar-refractivity contribution in [3.8, 4) is 11.5 Å². The molecule has 0 saturated carbocycles. The largest absolute Gasteiger partial charge is 0.493 e. The number of benzene rings is 1. The third-order valence-electron chi connectivity index (χ3n) is 4.39. The van der Waals surface area contributed by atoms with Crippen LogP contribution in [-0.2, 0) is 6.42 Å². The molecule has 1 aromatic rings. The lowest BCUT2D eigenvalue weighted by molar-refractivity contribution is 0.0539. The molecule has 4 nitrogen and oxygen atoms in total. The highest BCUT2D eigenvalue weighted by atomic mass is 16.5. The molecule has 1 unspecified atom stereocenters. The summed E-state index contributed by atoms with van der Waals surface area (Å²) in [5, 5.41) is 0. The van der Waals surface area contributed by atoms with Crippen LogP contribution in [0.15, 0.2) is 18.2 Å². The Balaban J connectivity index is 1.77. The van der Waals surface area contributed by atoms with Gasteiger partial charge in [-0.3, -0.25) is 4.90 Å². The molecule has 3 rings (SSSR count). The van der Waals surface area contributed by atoms with E-state index < -0.39 is 0 Å². The van der Waals surface area contributed by atoms with Crippen LogP contribution in [0.3, 0.4) is 0 Å². The molecule has 2 aliphatic rings. The Morgan fingerprint density at radius 1 is 1.40 bits per heavy atom. The summed E-state index contributed by atoms with van der Waals surface area (Å²) in [7, 11) is 0. The van der Waals surface area contributed by atoms with Crippen LogP contribution in [0.2, 0.25) is 0 Å². The van der Waals surface area contributed by atoms with Crippen molar-refractivity contribution in [1.82, 2.24) is 4.90 Å². The maximum Gasteiger partial charge on any atom is 0.127 e. The predicted octanol–water partition coefficient (Wildman–Crippen LogP) is 1.81. The Hall–Kier alpha value is -1.26. The molecular formula is C16H24N2O2. The highest BCUT2D eigenvalue weighted by molar-refractivity contribution is 5.46. The van der Waals surface area contributed by atoms with Gasteiger partial charge in [0, 0.05) is 38.2 Å². The molecule has 20 heavy (non-hydrogen) atoms. The van der Waals surface area contributed by atoms with Crippen molar-refractivity contribution in [3.05, 3.63) is 23.8 Å². The van der Waals surface area contributed by atoms with Gasteiger partial charge in [-0.2, -0.15) is 0 Å². The fourth-order valence-corrected chi connectivity index (χ4v) is 3.40. The lowest BCUT2D eigenvalue weighted by Gasteiger charge is -2.36. The predicted molar refractivity (Wildman–Crippen MR) is 79.4 cm³/mol. The highest BCUT2D eigenvalue weighted by Gasteiger charge is 2.42. The van der Waals surface area contributed by atoms with Crippen molar-refractivity contribution < 1.29 is 9.47 Å². The van der Waals surface area contributed by atoms with Gasteiger partial charge in [0.15, 0.2) is 0 Å². The topological polar surface area (TPSA) is 47.7 Å². The number of hydrogen-bond acceptors (Lipinski definition) is 4. The number of fused-ring (bicyclic) bond motifs is 1. The fourth-order valence-electron chi connectivity index (χ4n) is 3.40. The molecule has 1 spiro atoms. The summed E-state index contributed by atoms with van der Waals surface area (Å²) in [6.07, 6.45) is 3.22. The third-order valence-corrected chi connectivity index (χ3v) is 4.39. The maximum atomic E-state index is 6.38. The molecule has 4 heteroatoms. The van der Waals surface area contributed by atoms with E-state index in [1.807, 2.05) is 19.1 Å². The van der Waals surface area contributed by atoms with Crippen LogP contribution in [0, 0.1) is 0 Å². The number of rotatable bonds is 4. The average molecular weight is 276 g/mol. The van der Waals surface area contributed by atoms with E-state index in [-0.39, 0.29) is 5.60 Å². The SMILES string of the molecule is CCOc1cccc2c1CCC1(CCN(CCN)C1)O2. The molecule has 1 aromatic carbocycles. The molecule has 1 saturated heterocycles. The molecule has 0 amide bonds. The van der Waals surface area contributed by atoms with E-state index in [0.717, 1.165) is 56.9 Å². The zero-order chi connectivity index (χ0) is 14.0. The van der Waals surface area contributed by atoms with Gasteiger partial charge in [0.05, 0.1) is 6.61 Å². The van der Waals surface area contributed by atoms with Gasteiger partial charge in [0.2, 0.25) is 0 Å². The van der Waals surface area contributed by atoms with Crippen molar-refractivity contribution in [2.24, 2.45) is 5.73 Å². The molecule has 0 bridgehead atoms. The van der Waals surface area contributed by atoms with Gasteiger partial charge < -0.3 is 15.2 Å². The minimum Gasteiger partial charge on any atom is -0.493 e. The van der Waals surface area contributed by atoms with Crippen molar-refractivity contribution in [3.63, 3.8) is 0 Å².